The molecule has 0 aromatic rings. The third kappa shape index (κ3) is 2.14. The topological polar surface area (TPSA) is 49.8 Å². The summed E-state index contributed by atoms with van der Waals surface area (Å²) in [6, 6.07) is 0. The summed E-state index contributed by atoms with van der Waals surface area (Å²) in [6.45, 7) is 10.4. The molecule has 1 N–H and O–H groups in total. The van der Waals surface area contributed by atoms with Gasteiger partial charge in [0.1, 0.15) is 0 Å². The van der Waals surface area contributed by atoms with Crippen molar-refractivity contribution in [2.75, 3.05) is 13.1 Å². The molecule has 0 amide bonds. The fourth-order valence-electron chi connectivity index (χ4n) is 2.33. The fraction of sp³-hybridized carbons (Fsp3) is 1.00. The first-order valence-corrected chi connectivity index (χ1v) is 7.05. The maximum absolute atomic E-state index is 12.7. The Bertz CT molecular complexity index is 284. The summed E-state index contributed by atoms with van der Waals surface area (Å²) < 4.78 is 20.1. The minimum Gasteiger partial charge on any atom is -0.378 e. The highest BCUT2D eigenvalue weighted by molar-refractivity contribution is 7.58. The summed E-state index contributed by atoms with van der Waals surface area (Å²) in [6.07, 6.45) is 0.410. The summed E-state index contributed by atoms with van der Waals surface area (Å²) >= 11 is 0. The first kappa shape index (κ1) is 13.2. The van der Waals surface area contributed by atoms with Gasteiger partial charge in [0.15, 0.2) is 5.34 Å². The largest absolute Gasteiger partial charge is 0.378 e. The normalized spacial score (nSPS) is 39.9. The van der Waals surface area contributed by atoms with E-state index < -0.39 is 18.5 Å². The standard InChI is InChI=1S/C10H22NO3P/c1-6-11(7-2)15(13)10(5,12)8-9(3,4)14-15/h12H,6-8H2,1-5H3/t10-,15+/m0/s1. The van der Waals surface area contributed by atoms with Gasteiger partial charge in [-0.1, -0.05) is 13.8 Å². The van der Waals surface area contributed by atoms with Crippen molar-refractivity contribution in [2.24, 2.45) is 0 Å². The van der Waals surface area contributed by atoms with Crippen LogP contribution in [-0.4, -0.2) is 33.8 Å². The van der Waals surface area contributed by atoms with Gasteiger partial charge in [-0.25, -0.2) is 4.67 Å². The molecule has 5 heteroatoms. The first-order valence-electron chi connectivity index (χ1n) is 5.47. The van der Waals surface area contributed by atoms with Gasteiger partial charge < -0.3 is 9.63 Å². The number of hydrogen-bond donors (Lipinski definition) is 1. The minimum atomic E-state index is -3.12. The van der Waals surface area contributed by atoms with E-state index in [1.54, 1.807) is 11.6 Å². The van der Waals surface area contributed by atoms with E-state index in [-0.39, 0.29) is 0 Å². The highest BCUT2D eigenvalue weighted by atomic mass is 31.2. The summed E-state index contributed by atoms with van der Waals surface area (Å²) in [5, 5.41) is 9.02. The van der Waals surface area contributed by atoms with E-state index in [0.29, 0.717) is 19.5 Å². The van der Waals surface area contributed by atoms with Gasteiger partial charge in [0.25, 0.3) is 0 Å². The summed E-state index contributed by atoms with van der Waals surface area (Å²) in [5.74, 6) is 0. The Hall–Kier alpha value is 0.110. The quantitative estimate of drug-likeness (QED) is 0.763. The van der Waals surface area contributed by atoms with Crippen molar-refractivity contribution < 1.29 is 14.2 Å². The number of nitrogens with zero attached hydrogens (tertiary/aromatic N) is 1. The first-order chi connectivity index (χ1) is 6.68. The average Bonchev–Trinajstić information content (AvgIpc) is 2.18. The van der Waals surface area contributed by atoms with Crippen molar-refractivity contribution >= 4 is 7.52 Å². The van der Waals surface area contributed by atoms with Crippen molar-refractivity contribution in [3.05, 3.63) is 0 Å². The van der Waals surface area contributed by atoms with Gasteiger partial charge in [-0.2, -0.15) is 0 Å². The molecule has 1 saturated heterocycles. The molecule has 0 bridgehead atoms. The predicted octanol–water partition coefficient (Wildman–Crippen LogP) is 2.43. The van der Waals surface area contributed by atoms with Crippen LogP contribution < -0.4 is 0 Å². The van der Waals surface area contributed by atoms with Crippen LogP contribution in [0, 0.1) is 0 Å². The zero-order valence-electron chi connectivity index (χ0n) is 10.3. The molecule has 0 saturated carbocycles. The molecule has 15 heavy (non-hydrogen) atoms. The van der Waals surface area contributed by atoms with Crippen molar-refractivity contribution in [1.82, 2.24) is 4.67 Å². The van der Waals surface area contributed by atoms with Gasteiger partial charge in [0, 0.05) is 19.5 Å². The van der Waals surface area contributed by atoms with Crippen LogP contribution in [0.2, 0.25) is 0 Å². The van der Waals surface area contributed by atoms with E-state index >= 15 is 0 Å². The second kappa shape index (κ2) is 3.85. The molecule has 0 aromatic carbocycles. The number of hydrogen-bond acceptors (Lipinski definition) is 3. The molecule has 0 aromatic heterocycles. The van der Waals surface area contributed by atoms with Gasteiger partial charge in [0.05, 0.1) is 5.60 Å². The smallest absolute Gasteiger partial charge is 0.303 e. The maximum atomic E-state index is 12.7. The van der Waals surface area contributed by atoms with Gasteiger partial charge in [-0.3, -0.25) is 4.57 Å². The maximum Gasteiger partial charge on any atom is 0.303 e. The summed E-state index contributed by atoms with van der Waals surface area (Å²) in [7, 11) is -3.12. The Morgan fingerprint density at radius 3 is 2.07 bits per heavy atom. The van der Waals surface area contributed by atoms with E-state index in [2.05, 4.69) is 0 Å². The Morgan fingerprint density at radius 1 is 1.33 bits per heavy atom. The molecule has 1 aliphatic rings. The molecule has 2 atom stereocenters. The van der Waals surface area contributed by atoms with Crippen molar-refractivity contribution in [3.63, 3.8) is 0 Å². The average molecular weight is 235 g/mol. The third-order valence-corrected chi connectivity index (χ3v) is 6.27. The van der Waals surface area contributed by atoms with E-state index in [1.165, 1.54) is 0 Å². The van der Waals surface area contributed by atoms with Crippen LogP contribution in [0.5, 0.6) is 0 Å². The van der Waals surface area contributed by atoms with Crippen LogP contribution in [0.15, 0.2) is 0 Å². The molecule has 0 spiro atoms. The number of aliphatic hydroxyl groups is 1. The van der Waals surface area contributed by atoms with Crippen LogP contribution in [0.3, 0.4) is 0 Å². The summed E-state index contributed by atoms with van der Waals surface area (Å²) in [5.41, 5.74) is -0.512. The zero-order valence-corrected chi connectivity index (χ0v) is 11.2. The van der Waals surface area contributed by atoms with Crippen LogP contribution in [0.4, 0.5) is 0 Å². The Labute approximate surface area is 92.1 Å². The van der Waals surface area contributed by atoms with Gasteiger partial charge in [-0.15, -0.1) is 0 Å². The van der Waals surface area contributed by atoms with Crippen LogP contribution in [0.25, 0.3) is 0 Å². The Morgan fingerprint density at radius 2 is 1.80 bits per heavy atom. The van der Waals surface area contributed by atoms with Crippen LogP contribution in [0.1, 0.15) is 41.0 Å². The molecular weight excluding hydrogens is 213 g/mol. The third-order valence-electron chi connectivity index (χ3n) is 2.84. The molecule has 1 fully saturated rings. The van der Waals surface area contributed by atoms with Crippen LogP contribution in [-0.2, 0) is 9.09 Å². The SMILES string of the molecule is CCN(CC)[P@]1(=O)OC(C)(C)C[C@@]1(C)O. The molecule has 1 heterocycles. The lowest BCUT2D eigenvalue weighted by molar-refractivity contribution is 0.0930. The van der Waals surface area contributed by atoms with Crippen LogP contribution >= 0.6 is 7.52 Å². The number of rotatable bonds is 3. The van der Waals surface area contributed by atoms with E-state index in [9.17, 15) is 9.67 Å². The zero-order chi connectivity index (χ0) is 11.9. The van der Waals surface area contributed by atoms with Crippen molar-refractivity contribution in [3.8, 4) is 0 Å². The Balaban J connectivity index is 3.07. The second-order valence-electron chi connectivity index (χ2n) is 4.90. The van der Waals surface area contributed by atoms with Gasteiger partial charge in [0.2, 0.25) is 0 Å². The highest BCUT2D eigenvalue weighted by Gasteiger charge is 2.59. The second-order valence-corrected chi connectivity index (χ2v) is 7.66. The lowest BCUT2D eigenvalue weighted by Gasteiger charge is -2.33. The summed E-state index contributed by atoms with van der Waals surface area (Å²) in [4.78, 5) is 0. The van der Waals surface area contributed by atoms with E-state index in [4.69, 9.17) is 4.52 Å². The molecule has 90 valence electrons. The molecule has 0 unspecified atom stereocenters. The monoisotopic (exact) mass is 235 g/mol. The molecule has 1 aliphatic heterocycles. The van der Waals surface area contributed by atoms with E-state index in [0.717, 1.165) is 0 Å². The van der Waals surface area contributed by atoms with Crippen molar-refractivity contribution in [1.29, 1.82) is 0 Å². The van der Waals surface area contributed by atoms with Crippen molar-refractivity contribution in [2.45, 2.75) is 52.0 Å². The molecular formula is C10H22NO3P. The molecule has 4 nitrogen and oxygen atoms in total. The minimum absolute atomic E-state index is 0.410. The molecule has 1 rings (SSSR count). The van der Waals surface area contributed by atoms with Gasteiger partial charge >= 0.3 is 7.52 Å². The lowest BCUT2D eigenvalue weighted by atomic mass is 10.0. The lowest BCUT2D eigenvalue weighted by Crippen LogP contribution is -2.31. The fourth-order valence-corrected chi connectivity index (χ4v) is 5.31. The Kier molecular flexibility index (Phi) is 3.38. The molecule has 0 radical (unpaired) electrons. The van der Waals surface area contributed by atoms with E-state index in [1.807, 2.05) is 27.7 Å². The predicted molar refractivity (Wildman–Crippen MR) is 60.9 cm³/mol. The van der Waals surface area contributed by atoms with Gasteiger partial charge in [-0.05, 0) is 20.8 Å². The highest BCUT2D eigenvalue weighted by Crippen LogP contribution is 2.70. The molecule has 0 aliphatic carbocycles.